The normalized spacial score (nSPS) is 10.9. The largest absolute Gasteiger partial charge is 0.366 e. The summed E-state index contributed by atoms with van der Waals surface area (Å²) in [5.74, 6) is 0. The maximum absolute atomic E-state index is 12.4. The van der Waals surface area contributed by atoms with Gasteiger partial charge in [0.25, 0.3) is 10.0 Å². The summed E-state index contributed by atoms with van der Waals surface area (Å²) in [7, 11) is -2.05. The topological polar surface area (TPSA) is 70.2 Å². The van der Waals surface area contributed by atoms with Gasteiger partial charge < -0.3 is 10.6 Å². The molecular weight excluding hydrogens is 377 g/mol. The van der Waals surface area contributed by atoms with Crippen molar-refractivity contribution in [3.8, 4) is 0 Å². The number of benzene rings is 2. The summed E-state index contributed by atoms with van der Waals surface area (Å²) in [4.78, 5) is 0.106. The molecule has 0 fully saturated rings. The molecule has 0 bridgehead atoms. The van der Waals surface area contributed by atoms with Gasteiger partial charge in [-0.25, -0.2) is 8.42 Å². The van der Waals surface area contributed by atoms with Crippen molar-refractivity contribution in [2.75, 3.05) is 17.1 Å². The van der Waals surface area contributed by atoms with Crippen molar-refractivity contribution in [1.82, 2.24) is 5.32 Å². The second-order valence-electron chi connectivity index (χ2n) is 4.49. The van der Waals surface area contributed by atoms with Gasteiger partial charge in [0, 0.05) is 22.8 Å². The Labute approximate surface area is 150 Å². The number of rotatable bonds is 4. The van der Waals surface area contributed by atoms with E-state index in [4.69, 9.17) is 35.4 Å². The molecule has 122 valence electrons. The minimum Gasteiger partial charge on any atom is -0.366 e. The van der Waals surface area contributed by atoms with Crippen LogP contribution in [0.15, 0.2) is 47.4 Å². The Balaban J connectivity index is 2.20. The van der Waals surface area contributed by atoms with Crippen molar-refractivity contribution in [1.29, 1.82) is 0 Å². The predicted molar refractivity (Wildman–Crippen MR) is 99.0 cm³/mol. The molecule has 2 aromatic carbocycles. The highest BCUT2D eigenvalue weighted by Gasteiger charge is 2.14. The molecule has 0 radical (unpaired) electrons. The van der Waals surface area contributed by atoms with Crippen LogP contribution in [-0.4, -0.2) is 20.6 Å². The molecule has 0 saturated carbocycles. The van der Waals surface area contributed by atoms with Gasteiger partial charge in [-0.15, -0.1) is 0 Å². The fourth-order valence-electron chi connectivity index (χ4n) is 1.74. The SMILES string of the molecule is CNC(=S)Nc1ccc(S(=O)(=O)Nc2cc(Cl)cc(Cl)c2)cc1. The highest BCUT2D eigenvalue weighted by molar-refractivity contribution is 7.92. The van der Waals surface area contributed by atoms with Crippen LogP contribution in [0.5, 0.6) is 0 Å². The van der Waals surface area contributed by atoms with Gasteiger partial charge in [-0.05, 0) is 54.7 Å². The lowest BCUT2D eigenvalue weighted by Gasteiger charge is -2.10. The van der Waals surface area contributed by atoms with Gasteiger partial charge in [0.05, 0.1) is 10.6 Å². The monoisotopic (exact) mass is 389 g/mol. The van der Waals surface area contributed by atoms with E-state index in [9.17, 15) is 8.42 Å². The molecule has 2 rings (SSSR count). The van der Waals surface area contributed by atoms with Crippen LogP contribution in [0.4, 0.5) is 11.4 Å². The van der Waals surface area contributed by atoms with Crippen molar-refractivity contribution in [3.05, 3.63) is 52.5 Å². The lowest BCUT2D eigenvalue weighted by Crippen LogP contribution is -2.24. The summed E-state index contributed by atoms with van der Waals surface area (Å²) in [6.07, 6.45) is 0. The fraction of sp³-hybridized carbons (Fsp3) is 0.0714. The molecule has 0 atom stereocenters. The molecule has 3 N–H and O–H groups in total. The van der Waals surface area contributed by atoms with Crippen LogP contribution in [0, 0.1) is 0 Å². The molecule has 9 heteroatoms. The third-order valence-corrected chi connectivity index (χ3v) is 4.90. The minimum absolute atomic E-state index is 0.106. The van der Waals surface area contributed by atoms with Gasteiger partial charge in [0.2, 0.25) is 0 Å². The highest BCUT2D eigenvalue weighted by atomic mass is 35.5. The van der Waals surface area contributed by atoms with Crippen LogP contribution < -0.4 is 15.4 Å². The predicted octanol–water partition coefficient (Wildman–Crippen LogP) is 3.71. The van der Waals surface area contributed by atoms with Crippen LogP contribution in [0.1, 0.15) is 0 Å². The summed E-state index contributed by atoms with van der Waals surface area (Å²) in [6, 6.07) is 10.6. The van der Waals surface area contributed by atoms with Crippen LogP contribution in [0.2, 0.25) is 10.0 Å². The van der Waals surface area contributed by atoms with Crippen molar-refractivity contribution < 1.29 is 8.42 Å². The molecule has 5 nitrogen and oxygen atoms in total. The Bertz CT molecular complexity index is 804. The molecule has 0 saturated heterocycles. The van der Waals surface area contributed by atoms with E-state index in [1.54, 1.807) is 19.2 Å². The quantitative estimate of drug-likeness (QED) is 0.695. The van der Waals surface area contributed by atoms with Crippen LogP contribution >= 0.6 is 35.4 Å². The van der Waals surface area contributed by atoms with Crippen LogP contribution in [0.3, 0.4) is 0 Å². The second kappa shape index (κ2) is 7.35. The van der Waals surface area contributed by atoms with E-state index in [-0.39, 0.29) is 4.90 Å². The molecule has 0 amide bonds. The first-order valence-electron chi connectivity index (χ1n) is 6.38. The van der Waals surface area contributed by atoms with E-state index in [1.165, 1.54) is 30.3 Å². The van der Waals surface area contributed by atoms with Crippen molar-refractivity contribution >= 4 is 61.9 Å². The average molecular weight is 390 g/mol. The highest BCUT2D eigenvalue weighted by Crippen LogP contribution is 2.25. The third-order valence-electron chi connectivity index (χ3n) is 2.76. The van der Waals surface area contributed by atoms with E-state index in [0.29, 0.717) is 26.5 Å². The Morgan fingerprint density at radius 1 is 1.00 bits per heavy atom. The zero-order chi connectivity index (χ0) is 17.0. The van der Waals surface area contributed by atoms with E-state index < -0.39 is 10.0 Å². The zero-order valence-electron chi connectivity index (χ0n) is 11.9. The molecular formula is C14H13Cl2N3O2S2. The summed E-state index contributed by atoms with van der Waals surface area (Å²) < 4.78 is 27.1. The molecule has 0 heterocycles. The number of sulfonamides is 1. The van der Waals surface area contributed by atoms with Crippen LogP contribution in [0.25, 0.3) is 0 Å². The standard InChI is InChI=1S/C14H13Cl2N3O2S2/c1-17-14(22)18-11-2-4-13(5-3-11)23(20,21)19-12-7-9(15)6-10(16)8-12/h2-8,19H,1H3,(H2,17,18,22). The molecule has 0 aliphatic carbocycles. The maximum atomic E-state index is 12.4. The van der Waals surface area contributed by atoms with E-state index in [1.807, 2.05) is 0 Å². The Morgan fingerprint density at radius 3 is 2.09 bits per heavy atom. The van der Waals surface area contributed by atoms with Gasteiger partial charge in [-0.3, -0.25) is 4.72 Å². The first kappa shape index (κ1) is 17.8. The van der Waals surface area contributed by atoms with Crippen LogP contribution in [-0.2, 0) is 10.0 Å². The fourth-order valence-corrected chi connectivity index (χ4v) is 3.42. The summed E-state index contributed by atoms with van der Waals surface area (Å²) >= 11 is 16.7. The Morgan fingerprint density at radius 2 is 1.57 bits per heavy atom. The maximum Gasteiger partial charge on any atom is 0.261 e. The smallest absolute Gasteiger partial charge is 0.261 e. The number of anilines is 2. The first-order valence-corrected chi connectivity index (χ1v) is 9.02. The first-order chi connectivity index (χ1) is 10.8. The summed E-state index contributed by atoms with van der Waals surface area (Å²) in [6.45, 7) is 0. The van der Waals surface area contributed by atoms with Gasteiger partial charge in [0.15, 0.2) is 5.11 Å². The number of nitrogens with one attached hydrogen (secondary N) is 3. The molecule has 0 aliphatic heterocycles. The van der Waals surface area contributed by atoms with Gasteiger partial charge >= 0.3 is 0 Å². The van der Waals surface area contributed by atoms with Crippen molar-refractivity contribution in [2.45, 2.75) is 4.90 Å². The molecule has 23 heavy (non-hydrogen) atoms. The zero-order valence-corrected chi connectivity index (χ0v) is 15.1. The molecule has 0 unspecified atom stereocenters. The third kappa shape index (κ3) is 4.97. The van der Waals surface area contributed by atoms with E-state index >= 15 is 0 Å². The summed E-state index contributed by atoms with van der Waals surface area (Å²) in [5, 5.41) is 6.79. The Hall–Kier alpha value is -1.54. The molecule has 0 spiro atoms. The number of hydrogen-bond acceptors (Lipinski definition) is 3. The van der Waals surface area contributed by atoms with E-state index in [0.717, 1.165) is 0 Å². The second-order valence-corrected chi connectivity index (χ2v) is 7.46. The lowest BCUT2D eigenvalue weighted by atomic mass is 10.3. The van der Waals surface area contributed by atoms with Crippen molar-refractivity contribution in [2.24, 2.45) is 0 Å². The van der Waals surface area contributed by atoms with Gasteiger partial charge in [-0.2, -0.15) is 0 Å². The average Bonchev–Trinajstić information content (AvgIpc) is 2.46. The molecule has 0 aromatic heterocycles. The van der Waals surface area contributed by atoms with Gasteiger partial charge in [0.1, 0.15) is 0 Å². The number of halogens is 2. The molecule has 0 aliphatic rings. The Kier molecular flexibility index (Phi) is 5.69. The number of hydrogen-bond donors (Lipinski definition) is 3. The lowest BCUT2D eigenvalue weighted by molar-refractivity contribution is 0.601. The molecule has 2 aromatic rings. The van der Waals surface area contributed by atoms with Crippen molar-refractivity contribution in [3.63, 3.8) is 0 Å². The number of thiocarbonyl (C=S) groups is 1. The summed E-state index contributed by atoms with van der Waals surface area (Å²) in [5.41, 5.74) is 0.968. The van der Waals surface area contributed by atoms with Gasteiger partial charge in [-0.1, -0.05) is 23.2 Å². The van der Waals surface area contributed by atoms with E-state index in [2.05, 4.69) is 15.4 Å². The minimum atomic E-state index is -3.74.